The van der Waals surface area contributed by atoms with E-state index in [-0.39, 0.29) is 41.2 Å². The maximum absolute atomic E-state index is 11.9. The minimum atomic E-state index is -0.501. The van der Waals surface area contributed by atoms with Gasteiger partial charge < -0.3 is 4.90 Å². The van der Waals surface area contributed by atoms with E-state index in [1.165, 1.54) is 6.20 Å². The van der Waals surface area contributed by atoms with Gasteiger partial charge in [0.25, 0.3) is 0 Å². The van der Waals surface area contributed by atoms with Gasteiger partial charge in [0.15, 0.2) is 5.78 Å². The molecule has 1 amide bonds. The summed E-state index contributed by atoms with van der Waals surface area (Å²) in [5.41, 5.74) is 0.520. The third kappa shape index (κ3) is 2.51. The first kappa shape index (κ1) is 13.4. The Morgan fingerprint density at radius 1 is 1.56 bits per heavy atom. The average molecular weight is 227 g/mol. The van der Waals surface area contributed by atoms with Crippen molar-refractivity contribution in [3.05, 3.63) is 30.1 Å². The first-order valence-electron chi connectivity index (χ1n) is 4.89. The van der Waals surface area contributed by atoms with Gasteiger partial charge in [0.05, 0.1) is 0 Å². The van der Waals surface area contributed by atoms with Crippen molar-refractivity contribution in [2.24, 2.45) is 5.92 Å². The van der Waals surface area contributed by atoms with Crippen molar-refractivity contribution in [2.45, 2.75) is 6.42 Å². The van der Waals surface area contributed by atoms with Crippen molar-refractivity contribution in [3.8, 4) is 0 Å². The standard InChI is InChI=1S/C11H12N2O2.Na/c1-13-6-4-9(11(13)15)10(14)8-3-2-5-12-7-8;/h2-3,5,7,9H,4,6H2,1H3;/q;+1. The average Bonchev–Trinajstić information content (AvgIpc) is 2.60. The van der Waals surface area contributed by atoms with Crippen molar-refractivity contribution < 1.29 is 39.1 Å². The summed E-state index contributed by atoms with van der Waals surface area (Å²) in [4.78, 5) is 29.0. The molecule has 0 bridgehead atoms. The monoisotopic (exact) mass is 227 g/mol. The molecule has 78 valence electrons. The summed E-state index contributed by atoms with van der Waals surface area (Å²) in [6.45, 7) is 0.662. The molecule has 1 aromatic heterocycles. The summed E-state index contributed by atoms with van der Waals surface area (Å²) in [7, 11) is 1.72. The van der Waals surface area contributed by atoms with Crippen LogP contribution < -0.4 is 29.6 Å². The molecule has 0 radical (unpaired) electrons. The van der Waals surface area contributed by atoms with E-state index in [9.17, 15) is 9.59 Å². The van der Waals surface area contributed by atoms with E-state index >= 15 is 0 Å². The normalized spacial score (nSPS) is 19.4. The van der Waals surface area contributed by atoms with E-state index in [1.54, 1.807) is 30.3 Å². The summed E-state index contributed by atoms with van der Waals surface area (Å²) < 4.78 is 0. The van der Waals surface area contributed by atoms with Gasteiger partial charge in [-0.15, -0.1) is 0 Å². The third-order valence-electron chi connectivity index (χ3n) is 2.69. The summed E-state index contributed by atoms with van der Waals surface area (Å²) in [6.07, 6.45) is 3.73. The van der Waals surface area contributed by atoms with Gasteiger partial charge >= 0.3 is 29.6 Å². The van der Waals surface area contributed by atoms with E-state index in [4.69, 9.17) is 0 Å². The molecule has 5 heteroatoms. The van der Waals surface area contributed by atoms with Crippen LogP contribution in [0.25, 0.3) is 0 Å². The largest absolute Gasteiger partial charge is 1.00 e. The topological polar surface area (TPSA) is 50.3 Å². The predicted octanol–water partition coefficient (Wildman–Crippen LogP) is -2.25. The maximum Gasteiger partial charge on any atom is 1.00 e. The molecule has 1 aromatic rings. The molecule has 2 heterocycles. The SMILES string of the molecule is CN1CCC(C(=O)c2cccnc2)C1=O.[Na+]. The van der Waals surface area contributed by atoms with Crippen molar-refractivity contribution in [1.82, 2.24) is 9.88 Å². The molecule has 0 N–H and O–H groups in total. The molecule has 1 aliphatic rings. The van der Waals surface area contributed by atoms with Crippen LogP contribution in [0, 0.1) is 5.92 Å². The summed E-state index contributed by atoms with van der Waals surface area (Å²) in [5, 5.41) is 0. The zero-order chi connectivity index (χ0) is 10.8. The second-order valence-electron chi connectivity index (χ2n) is 3.71. The number of Topliss-reactive ketones (excluding diaryl/α,β-unsaturated/α-hetero) is 1. The van der Waals surface area contributed by atoms with Crippen LogP contribution in [0.15, 0.2) is 24.5 Å². The van der Waals surface area contributed by atoms with Gasteiger partial charge in [-0.25, -0.2) is 0 Å². The molecule has 0 spiro atoms. The molecule has 0 aliphatic carbocycles. The van der Waals surface area contributed by atoms with Crippen LogP contribution >= 0.6 is 0 Å². The molecule has 2 rings (SSSR count). The number of rotatable bonds is 2. The Bertz CT molecular complexity index is 394. The number of likely N-dealkylation sites (tertiary alicyclic amines) is 1. The van der Waals surface area contributed by atoms with E-state index < -0.39 is 5.92 Å². The number of pyridine rings is 1. The van der Waals surface area contributed by atoms with Crippen LogP contribution in [0.5, 0.6) is 0 Å². The molecular weight excluding hydrogens is 215 g/mol. The van der Waals surface area contributed by atoms with Gasteiger partial charge in [0, 0.05) is 31.5 Å². The van der Waals surface area contributed by atoms with Crippen LogP contribution in [-0.4, -0.2) is 35.2 Å². The molecule has 0 aromatic carbocycles. The number of carbonyl (C=O) groups excluding carboxylic acids is 2. The Morgan fingerprint density at radius 3 is 2.81 bits per heavy atom. The Kier molecular flexibility index (Phi) is 4.65. The van der Waals surface area contributed by atoms with Crippen molar-refractivity contribution >= 4 is 11.7 Å². The molecule has 1 atom stereocenters. The maximum atomic E-state index is 11.9. The number of ketones is 1. The van der Waals surface area contributed by atoms with E-state index in [0.29, 0.717) is 18.5 Å². The fourth-order valence-electron chi connectivity index (χ4n) is 1.78. The van der Waals surface area contributed by atoms with Crippen molar-refractivity contribution in [3.63, 3.8) is 0 Å². The second kappa shape index (κ2) is 5.57. The molecule has 1 fully saturated rings. The molecule has 1 saturated heterocycles. The van der Waals surface area contributed by atoms with E-state index in [2.05, 4.69) is 4.98 Å². The summed E-state index contributed by atoms with van der Waals surface area (Å²) in [5.74, 6) is -0.694. The van der Waals surface area contributed by atoms with Crippen LogP contribution in [0.4, 0.5) is 0 Å². The van der Waals surface area contributed by atoms with Crippen LogP contribution in [0.2, 0.25) is 0 Å². The van der Waals surface area contributed by atoms with E-state index in [0.717, 1.165) is 0 Å². The van der Waals surface area contributed by atoms with Crippen molar-refractivity contribution in [1.29, 1.82) is 0 Å². The number of aromatic nitrogens is 1. The van der Waals surface area contributed by atoms with Gasteiger partial charge in [0.1, 0.15) is 5.92 Å². The quantitative estimate of drug-likeness (QED) is 0.326. The van der Waals surface area contributed by atoms with Crippen molar-refractivity contribution in [2.75, 3.05) is 13.6 Å². The minimum absolute atomic E-state index is 0. The van der Waals surface area contributed by atoms with Gasteiger partial charge in [-0.3, -0.25) is 14.6 Å². The predicted molar refractivity (Wildman–Crippen MR) is 54.3 cm³/mol. The van der Waals surface area contributed by atoms with Gasteiger partial charge in [-0.1, -0.05) is 0 Å². The Labute approximate surface area is 116 Å². The first-order valence-corrected chi connectivity index (χ1v) is 4.89. The zero-order valence-electron chi connectivity index (χ0n) is 9.51. The van der Waals surface area contributed by atoms with Gasteiger partial charge in [0.2, 0.25) is 5.91 Å². The number of hydrogen-bond acceptors (Lipinski definition) is 3. The number of nitrogens with zero attached hydrogens (tertiary/aromatic N) is 2. The third-order valence-corrected chi connectivity index (χ3v) is 2.69. The smallest absolute Gasteiger partial charge is 0.345 e. The van der Waals surface area contributed by atoms with E-state index in [1.807, 2.05) is 0 Å². The fourth-order valence-corrected chi connectivity index (χ4v) is 1.78. The zero-order valence-corrected chi connectivity index (χ0v) is 11.5. The molecule has 1 unspecified atom stereocenters. The van der Waals surface area contributed by atoms with Crippen LogP contribution in [0.1, 0.15) is 16.8 Å². The molecule has 1 aliphatic heterocycles. The van der Waals surface area contributed by atoms with Crippen LogP contribution in [0.3, 0.4) is 0 Å². The summed E-state index contributed by atoms with van der Waals surface area (Å²) >= 11 is 0. The van der Waals surface area contributed by atoms with Gasteiger partial charge in [-0.05, 0) is 18.6 Å². The fraction of sp³-hybridized carbons (Fsp3) is 0.364. The number of amides is 1. The summed E-state index contributed by atoms with van der Waals surface area (Å²) in [6, 6.07) is 3.40. The van der Waals surface area contributed by atoms with Gasteiger partial charge in [-0.2, -0.15) is 0 Å². The first-order chi connectivity index (χ1) is 7.20. The Hall–Kier alpha value is -0.710. The molecular formula is C11H12N2NaO2+. The molecule has 16 heavy (non-hydrogen) atoms. The Balaban J connectivity index is 0.00000128. The Morgan fingerprint density at radius 2 is 2.31 bits per heavy atom. The molecule has 0 saturated carbocycles. The van der Waals surface area contributed by atoms with Crippen LogP contribution in [-0.2, 0) is 4.79 Å². The number of carbonyl (C=O) groups is 2. The minimum Gasteiger partial charge on any atom is -0.345 e. The number of hydrogen-bond donors (Lipinski definition) is 0. The molecule has 4 nitrogen and oxygen atoms in total. The second-order valence-corrected chi connectivity index (χ2v) is 3.71.